The molecule has 1 aliphatic heterocycles. The van der Waals surface area contributed by atoms with Gasteiger partial charge in [-0.25, -0.2) is 0 Å². The first kappa shape index (κ1) is 17.8. The summed E-state index contributed by atoms with van der Waals surface area (Å²) in [4.78, 5) is 0. The Morgan fingerprint density at radius 2 is 1.81 bits per heavy atom. The number of aliphatic hydroxyl groups is 1. The molecule has 2 fully saturated rings. The summed E-state index contributed by atoms with van der Waals surface area (Å²) >= 11 is 0. The fraction of sp³-hybridized carbons (Fsp3) is 0.500. The maximum atomic E-state index is 12.2. The van der Waals surface area contributed by atoms with Gasteiger partial charge in [0.1, 0.15) is 0 Å². The lowest BCUT2D eigenvalue weighted by Crippen LogP contribution is -2.51. The van der Waals surface area contributed by atoms with Crippen LogP contribution in [0.5, 0.6) is 0 Å². The van der Waals surface area contributed by atoms with Crippen LogP contribution in [0.4, 0.5) is 0 Å². The van der Waals surface area contributed by atoms with Crippen molar-refractivity contribution >= 4 is 0 Å². The molecular weight excluding hydrogens is 318 g/mol. The molecule has 0 aromatic heterocycles. The van der Waals surface area contributed by atoms with Crippen molar-refractivity contribution < 1.29 is 5.11 Å². The minimum Gasteiger partial charge on any atom is -0.385 e. The van der Waals surface area contributed by atoms with Crippen LogP contribution in [0, 0.1) is 31.6 Å². The molecule has 4 unspecified atom stereocenters. The van der Waals surface area contributed by atoms with Gasteiger partial charge in [-0.05, 0) is 80.6 Å². The molecule has 2 aliphatic rings. The Kier molecular flexibility index (Phi) is 4.90. The van der Waals surface area contributed by atoms with Gasteiger partial charge in [-0.15, -0.1) is 0 Å². The summed E-state index contributed by atoms with van der Waals surface area (Å²) in [5, 5.41) is 15.7. The molecule has 1 saturated carbocycles. The largest absolute Gasteiger partial charge is 0.385 e. The first-order chi connectivity index (χ1) is 12.6. The zero-order chi connectivity index (χ0) is 18.1. The maximum absolute atomic E-state index is 12.2. The Labute approximate surface area is 157 Å². The number of fused-ring (bicyclic) bond motifs is 1. The van der Waals surface area contributed by atoms with Gasteiger partial charge < -0.3 is 10.4 Å². The standard InChI is InChI=1S/C24H31NO/c1-17-8-9-18(2)22(14-17)24(26,16-19-6-4-3-5-7-19)23-15-20-10-12-25-13-11-21(20)23/h3-9,14,20-21,23,25-26H,10-13,15-16H2,1-2H3. The van der Waals surface area contributed by atoms with Crippen LogP contribution in [0.25, 0.3) is 0 Å². The lowest BCUT2D eigenvalue weighted by atomic mass is 9.54. The average molecular weight is 350 g/mol. The van der Waals surface area contributed by atoms with Crippen LogP contribution in [0.15, 0.2) is 48.5 Å². The molecule has 2 aromatic carbocycles. The molecule has 4 rings (SSSR count). The van der Waals surface area contributed by atoms with Crippen LogP contribution < -0.4 is 5.32 Å². The van der Waals surface area contributed by atoms with E-state index in [1.165, 1.54) is 29.5 Å². The summed E-state index contributed by atoms with van der Waals surface area (Å²) in [7, 11) is 0. The molecule has 2 nitrogen and oxygen atoms in total. The van der Waals surface area contributed by atoms with Gasteiger partial charge in [0, 0.05) is 6.42 Å². The van der Waals surface area contributed by atoms with Crippen LogP contribution in [0.2, 0.25) is 0 Å². The molecule has 0 amide bonds. The minimum absolute atomic E-state index is 0.355. The third-order valence-corrected chi connectivity index (χ3v) is 6.81. The van der Waals surface area contributed by atoms with Gasteiger partial charge in [-0.1, -0.05) is 54.1 Å². The van der Waals surface area contributed by atoms with E-state index in [9.17, 15) is 5.11 Å². The van der Waals surface area contributed by atoms with E-state index in [0.717, 1.165) is 31.0 Å². The number of benzene rings is 2. The van der Waals surface area contributed by atoms with E-state index in [1.54, 1.807) is 0 Å². The van der Waals surface area contributed by atoms with E-state index >= 15 is 0 Å². The molecule has 138 valence electrons. The number of hydrogen-bond acceptors (Lipinski definition) is 2. The number of nitrogens with one attached hydrogen (secondary N) is 1. The lowest BCUT2D eigenvalue weighted by molar-refractivity contribution is -0.120. The summed E-state index contributed by atoms with van der Waals surface area (Å²) in [6.07, 6.45) is 4.31. The topological polar surface area (TPSA) is 32.3 Å². The maximum Gasteiger partial charge on any atom is 0.0970 e. The smallest absolute Gasteiger partial charge is 0.0970 e. The van der Waals surface area contributed by atoms with Crippen molar-refractivity contribution in [3.05, 3.63) is 70.8 Å². The van der Waals surface area contributed by atoms with Crippen molar-refractivity contribution in [1.82, 2.24) is 5.32 Å². The molecule has 2 N–H and O–H groups in total. The highest BCUT2D eigenvalue weighted by Crippen LogP contribution is 2.55. The molecule has 2 heteroatoms. The van der Waals surface area contributed by atoms with Gasteiger partial charge in [0.2, 0.25) is 0 Å². The van der Waals surface area contributed by atoms with E-state index in [0.29, 0.717) is 18.3 Å². The fourth-order valence-corrected chi connectivity index (χ4v) is 5.34. The van der Waals surface area contributed by atoms with E-state index in [-0.39, 0.29) is 0 Å². The second-order valence-electron chi connectivity index (χ2n) is 8.50. The van der Waals surface area contributed by atoms with Crippen LogP contribution in [-0.2, 0) is 12.0 Å². The van der Waals surface area contributed by atoms with E-state index in [2.05, 4.69) is 67.7 Å². The highest BCUT2D eigenvalue weighted by Gasteiger charge is 2.52. The highest BCUT2D eigenvalue weighted by atomic mass is 16.3. The monoisotopic (exact) mass is 349 g/mol. The highest BCUT2D eigenvalue weighted by molar-refractivity contribution is 5.38. The van der Waals surface area contributed by atoms with Gasteiger partial charge in [0.05, 0.1) is 5.60 Å². The Morgan fingerprint density at radius 1 is 1.04 bits per heavy atom. The molecule has 26 heavy (non-hydrogen) atoms. The second-order valence-corrected chi connectivity index (χ2v) is 8.50. The quantitative estimate of drug-likeness (QED) is 0.859. The number of aryl methyl sites for hydroxylation is 2. The number of rotatable bonds is 4. The van der Waals surface area contributed by atoms with Crippen molar-refractivity contribution in [2.75, 3.05) is 13.1 Å². The Hall–Kier alpha value is -1.64. The predicted octanol–water partition coefficient (Wildman–Crippen LogP) is 4.37. The summed E-state index contributed by atoms with van der Waals surface area (Å²) in [5.74, 6) is 1.77. The molecule has 1 heterocycles. The molecule has 0 radical (unpaired) electrons. The third kappa shape index (κ3) is 3.21. The molecular formula is C24H31NO. The van der Waals surface area contributed by atoms with Crippen LogP contribution in [0.3, 0.4) is 0 Å². The molecule has 0 spiro atoms. The van der Waals surface area contributed by atoms with Gasteiger partial charge in [-0.3, -0.25) is 0 Å². The van der Waals surface area contributed by atoms with Gasteiger partial charge in [-0.2, -0.15) is 0 Å². The fourth-order valence-electron chi connectivity index (χ4n) is 5.34. The van der Waals surface area contributed by atoms with Crippen molar-refractivity contribution in [3.63, 3.8) is 0 Å². The Morgan fingerprint density at radius 3 is 2.62 bits per heavy atom. The molecule has 1 aliphatic carbocycles. The lowest BCUT2D eigenvalue weighted by Gasteiger charge is -2.53. The first-order valence-corrected chi connectivity index (χ1v) is 10.1. The van der Waals surface area contributed by atoms with E-state index in [4.69, 9.17) is 0 Å². The predicted molar refractivity (Wildman–Crippen MR) is 107 cm³/mol. The van der Waals surface area contributed by atoms with E-state index in [1.807, 2.05) is 0 Å². The average Bonchev–Trinajstić information content (AvgIpc) is 2.79. The van der Waals surface area contributed by atoms with Crippen molar-refractivity contribution in [2.45, 2.75) is 45.1 Å². The minimum atomic E-state index is -0.775. The third-order valence-electron chi connectivity index (χ3n) is 6.81. The zero-order valence-electron chi connectivity index (χ0n) is 16.0. The summed E-state index contributed by atoms with van der Waals surface area (Å²) in [6, 6.07) is 17.1. The summed E-state index contributed by atoms with van der Waals surface area (Å²) in [6.45, 7) is 6.50. The summed E-state index contributed by atoms with van der Waals surface area (Å²) < 4.78 is 0. The van der Waals surface area contributed by atoms with Crippen LogP contribution in [-0.4, -0.2) is 18.2 Å². The molecule has 2 aromatic rings. The summed E-state index contributed by atoms with van der Waals surface area (Å²) in [5.41, 5.74) is 4.04. The molecule has 0 bridgehead atoms. The van der Waals surface area contributed by atoms with Crippen LogP contribution >= 0.6 is 0 Å². The Bertz CT molecular complexity index is 756. The molecule has 1 saturated heterocycles. The SMILES string of the molecule is Cc1ccc(C)c(C(O)(Cc2ccccc2)C2CC3CCNCCC32)c1. The van der Waals surface area contributed by atoms with Crippen molar-refractivity contribution in [3.8, 4) is 0 Å². The second kappa shape index (κ2) is 7.17. The van der Waals surface area contributed by atoms with E-state index < -0.39 is 5.60 Å². The first-order valence-electron chi connectivity index (χ1n) is 10.1. The normalized spacial score (nSPS) is 27.7. The Balaban J connectivity index is 1.73. The number of hydrogen-bond donors (Lipinski definition) is 2. The van der Waals surface area contributed by atoms with Gasteiger partial charge >= 0.3 is 0 Å². The van der Waals surface area contributed by atoms with Crippen molar-refractivity contribution in [2.24, 2.45) is 17.8 Å². The molecule has 4 atom stereocenters. The van der Waals surface area contributed by atoms with Gasteiger partial charge in [0.15, 0.2) is 0 Å². The van der Waals surface area contributed by atoms with Crippen LogP contribution in [0.1, 0.15) is 41.5 Å². The zero-order valence-corrected chi connectivity index (χ0v) is 16.0. The van der Waals surface area contributed by atoms with Gasteiger partial charge in [0.25, 0.3) is 0 Å². The van der Waals surface area contributed by atoms with Crippen molar-refractivity contribution in [1.29, 1.82) is 0 Å².